The topological polar surface area (TPSA) is 66.5 Å². The fraction of sp³-hybridized carbons (Fsp3) is 0.381. The Hall–Kier alpha value is -2.34. The van der Waals surface area contributed by atoms with Crippen LogP contribution in [0.1, 0.15) is 36.2 Å². The van der Waals surface area contributed by atoms with Crippen molar-refractivity contribution in [3.05, 3.63) is 59.7 Å². The van der Waals surface area contributed by atoms with Crippen molar-refractivity contribution in [2.24, 2.45) is 11.8 Å². The minimum Gasteiger partial charge on any atom is -0.338 e. The highest BCUT2D eigenvalue weighted by Gasteiger charge is 2.27. The van der Waals surface area contributed by atoms with E-state index >= 15 is 0 Å². The third-order valence-electron chi connectivity index (χ3n) is 4.82. The minimum absolute atomic E-state index is 0.0907. The van der Waals surface area contributed by atoms with Gasteiger partial charge in [-0.2, -0.15) is 0 Å². The van der Waals surface area contributed by atoms with E-state index in [1.165, 1.54) is 12.1 Å². The Morgan fingerprint density at radius 3 is 2.37 bits per heavy atom. The maximum absolute atomic E-state index is 12.9. The molecule has 0 radical (unpaired) electrons. The van der Waals surface area contributed by atoms with Crippen molar-refractivity contribution in [3.8, 4) is 0 Å². The van der Waals surface area contributed by atoms with Crippen LogP contribution >= 0.6 is 0 Å². The SMILES string of the molecule is Cc1cccc(NS(=O)(=O)c2cccc(C(=O)N3CC(C)CC(C)C3)c2)c1. The first-order chi connectivity index (χ1) is 12.7. The summed E-state index contributed by atoms with van der Waals surface area (Å²) in [7, 11) is -3.76. The average Bonchev–Trinajstić information content (AvgIpc) is 2.60. The number of carbonyl (C=O) groups excluding carboxylic acids is 1. The second-order valence-electron chi connectivity index (χ2n) is 7.66. The second-order valence-corrected chi connectivity index (χ2v) is 9.34. The number of anilines is 1. The number of piperidine rings is 1. The van der Waals surface area contributed by atoms with Gasteiger partial charge in [0.1, 0.15) is 0 Å². The number of hydrogen-bond donors (Lipinski definition) is 1. The highest BCUT2D eigenvalue weighted by Crippen LogP contribution is 2.24. The number of likely N-dealkylation sites (tertiary alicyclic amines) is 1. The van der Waals surface area contributed by atoms with Gasteiger partial charge in [0.2, 0.25) is 0 Å². The van der Waals surface area contributed by atoms with Crippen LogP contribution in [0.15, 0.2) is 53.4 Å². The molecule has 2 unspecified atom stereocenters. The first-order valence-corrected chi connectivity index (χ1v) is 10.7. The molecule has 0 spiro atoms. The zero-order valence-electron chi connectivity index (χ0n) is 16.0. The molecule has 1 N–H and O–H groups in total. The predicted octanol–water partition coefficient (Wildman–Crippen LogP) is 3.91. The van der Waals surface area contributed by atoms with Crippen LogP contribution < -0.4 is 4.72 Å². The average molecular weight is 387 g/mol. The lowest BCUT2D eigenvalue weighted by Crippen LogP contribution is -2.42. The summed E-state index contributed by atoms with van der Waals surface area (Å²) >= 11 is 0. The molecule has 0 aliphatic carbocycles. The number of amides is 1. The maximum atomic E-state index is 12.9. The van der Waals surface area contributed by atoms with E-state index in [0.29, 0.717) is 36.2 Å². The van der Waals surface area contributed by atoms with E-state index in [0.717, 1.165) is 12.0 Å². The number of sulfonamides is 1. The van der Waals surface area contributed by atoms with Gasteiger partial charge in [0.15, 0.2) is 0 Å². The third-order valence-corrected chi connectivity index (χ3v) is 6.20. The van der Waals surface area contributed by atoms with Crippen molar-refractivity contribution in [1.82, 2.24) is 4.90 Å². The van der Waals surface area contributed by atoms with E-state index < -0.39 is 10.0 Å². The molecule has 27 heavy (non-hydrogen) atoms. The number of hydrogen-bond acceptors (Lipinski definition) is 3. The number of aryl methyl sites for hydroxylation is 1. The molecule has 0 aromatic heterocycles. The molecule has 1 aliphatic heterocycles. The van der Waals surface area contributed by atoms with Gasteiger partial charge in [0.05, 0.1) is 4.90 Å². The fourth-order valence-electron chi connectivity index (χ4n) is 3.73. The Labute approximate surface area is 161 Å². The first kappa shape index (κ1) is 19.4. The van der Waals surface area contributed by atoms with Crippen molar-refractivity contribution in [1.29, 1.82) is 0 Å². The summed E-state index contributed by atoms with van der Waals surface area (Å²) in [4.78, 5) is 14.8. The van der Waals surface area contributed by atoms with Crippen molar-refractivity contribution >= 4 is 21.6 Å². The maximum Gasteiger partial charge on any atom is 0.261 e. The largest absolute Gasteiger partial charge is 0.338 e. The molecule has 2 aromatic rings. The quantitative estimate of drug-likeness (QED) is 0.866. The van der Waals surface area contributed by atoms with Gasteiger partial charge in [-0.25, -0.2) is 8.42 Å². The molecule has 1 fully saturated rings. The molecule has 2 atom stereocenters. The Balaban J connectivity index is 1.83. The van der Waals surface area contributed by atoms with Crippen molar-refractivity contribution < 1.29 is 13.2 Å². The summed E-state index contributed by atoms with van der Waals surface area (Å²) in [5, 5.41) is 0. The molecular formula is C21H26N2O3S. The predicted molar refractivity (Wildman–Crippen MR) is 107 cm³/mol. The van der Waals surface area contributed by atoms with Crippen molar-refractivity contribution in [3.63, 3.8) is 0 Å². The van der Waals surface area contributed by atoms with Gasteiger partial charge in [0, 0.05) is 24.3 Å². The molecule has 144 valence electrons. The summed E-state index contributed by atoms with van der Waals surface area (Å²) in [5.74, 6) is 0.793. The van der Waals surface area contributed by atoms with Crippen molar-refractivity contribution in [2.45, 2.75) is 32.1 Å². The zero-order chi connectivity index (χ0) is 19.6. The summed E-state index contributed by atoms with van der Waals surface area (Å²) in [5.41, 5.74) is 1.88. The lowest BCUT2D eigenvalue weighted by molar-refractivity contribution is 0.0623. The molecule has 1 saturated heterocycles. The molecule has 0 bridgehead atoms. The number of carbonyl (C=O) groups is 1. The van der Waals surface area contributed by atoms with Crippen LogP contribution in [0.4, 0.5) is 5.69 Å². The second kappa shape index (κ2) is 7.72. The van der Waals surface area contributed by atoms with E-state index in [4.69, 9.17) is 0 Å². The van der Waals surface area contributed by atoms with Gasteiger partial charge >= 0.3 is 0 Å². The molecule has 3 rings (SSSR count). The lowest BCUT2D eigenvalue weighted by Gasteiger charge is -2.35. The van der Waals surface area contributed by atoms with Crippen LogP contribution in [-0.4, -0.2) is 32.3 Å². The van der Waals surface area contributed by atoms with Crippen LogP contribution in [0.2, 0.25) is 0 Å². The van der Waals surface area contributed by atoms with Gasteiger partial charge in [-0.05, 0) is 61.1 Å². The van der Waals surface area contributed by atoms with Crippen LogP contribution in [0.3, 0.4) is 0 Å². The zero-order valence-corrected chi connectivity index (χ0v) is 16.8. The normalized spacial score (nSPS) is 20.3. The van der Waals surface area contributed by atoms with Crippen LogP contribution in [0.25, 0.3) is 0 Å². The standard InChI is InChI=1S/C21H26N2O3S/c1-15-6-4-8-19(11-15)22-27(25,26)20-9-5-7-18(12-20)21(24)23-13-16(2)10-17(3)14-23/h4-9,11-12,16-17,22H,10,13-14H2,1-3H3. The van der Waals surface area contributed by atoms with Crippen molar-refractivity contribution in [2.75, 3.05) is 17.8 Å². The molecule has 6 heteroatoms. The molecule has 1 heterocycles. The highest BCUT2D eigenvalue weighted by atomic mass is 32.2. The summed E-state index contributed by atoms with van der Waals surface area (Å²) in [6.45, 7) is 7.60. The highest BCUT2D eigenvalue weighted by molar-refractivity contribution is 7.92. The minimum atomic E-state index is -3.76. The lowest BCUT2D eigenvalue weighted by atomic mass is 9.91. The summed E-state index contributed by atoms with van der Waals surface area (Å²) < 4.78 is 28.0. The molecule has 2 aromatic carbocycles. The van der Waals surface area contributed by atoms with Crippen LogP contribution in [-0.2, 0) is 10.0 Å². The molecular weight excluding hydrogens is 360 g/mol. The Bertz CT molecular complexity index is 930. The van der Waals surface area contributed by atoms with E-state index in [1.807, 2.05) is 17.9 Å². The van der Waals surface area contributed by atoms with Gasteiger partial charge in [0.25, 0.3) is 15.9 Å². The van der Waals surface area contributed by atoms with E-state index in [1.54, 1.807) is 30.3 Å². The Morgan fingerprint density at radius 1 is 1.04 bits per heavy atom. The number of nitrogens with one attached hydrogen (secondary N) is 1. The fourth-order valence-corrected chi connectivity index (χ4v) is 4.83. The molecule has 5 nitrogen and oxygen atoms in total. The summed E-state index contributed by atoms with van der Waals surface area (Å²) in [6.07, 6.45) is 1.11. The van der Waals surface area contributed by atoms with E-state index in [2.05, 4.69) is 18.6 Å². The smallest absolute Gasteiger partial charge is 0.261 e. The first-order valence-electron chi connectivity index (χ1n) is 9.23. The van der Waals surface area contributed by atoms with E-state index in [-0.39, 0.29) is 10.8 Å². The Kier molecular flexibility index (Phi) is 5.56. The molecule has 1 aliphatic rings. The van der Waals surface area contributed by atoms with E-state index in [9.17, 15) is 13.2 Å². The number of nitrogens with zero attached hydrogens (tertiary/aromatic N) is 1. The van der Waals surface area contributed by atoms with Gasteiger partial charge in [-0.15, -0.1) is 0 Å². The summed E-state index contributed by atoms with van der Waals surface area (Å²) in [6, 6.07) is 13.4. The van der Waals surface area contributed by atoms with Crippen LogP contribution in [0, 0.1) is 18.8 Å². The molecule has 0 saturated carbocycles. The number of benzene rings is 2. The van der Waals surface area contributed by atoms with Gasteiger partial charge in [-0.1, -0.05) is 32.0 Å². The van der Waals surface area contributed by atoms with Gasteiger partial charge in [-0.3, -0.25) is 9.52 Å². The molecule has 1 amide bonds. The van der Waals surface area contributed by atoms with Crippen LogP contribution in [0.5, 0.6) is 0 Å². The monoisotopic (exact) mass is 386 g/mol. The Morgan fingerprint density at radius 2 is 1.70 bits per heavy atom. The number of rotatable bonds is 4. The van der Waals surface area contributed by atoms with Gasteiger partial charge < -0.3 is 4.90 Å². The third kappa shape index (κ3) is 4.69.